The molecule has 148 valence electrons. The van der Waals surface area contributed by atoms with Crippen LogP contribution in [0.3, 0.4) is 0 Å². The summed E-state index contributed by atoms with van der Waals surface area (Å²) in [5, 5.41) is 2.87. The Bertz CT molecular complexity index is 817. The number of nitrogens with one attached hydrogen (secondary N) is 1. The summed E-state index contributed by atoms with van der Waals surface area (Å²) in [6, 6.07) is 14.5. The summed E-state index contributed by atoms with van der Waals surface area (Å²) < 4.78 is 5.41. The van der Waals surface area contributed by atoms with Gasteiger partial charge in [-0.15, -0.1) is 0 Å². The number of hydrogen-bond acceptors (Lipinski definition) is 3. The van der Waals surface area contributed by atoms with Crippen molar-refractivity contribution in [1.29, 1.82) is 0 Å². The van der Waals surface area contributed by atoms with Gasteiger partial charge in [-0.1, -0.05) is 13.0 Å². The molecule has 2 aromatic rings. The molecule has 1 aliphatic heterocycles. The predicted molar refractivity (Wildman–Crippen MR) is 111 cm³/mol. The molecule has 0 aromatic heterocycles. The van der Waals surface area contributed by atoms with E-state index in [0.717, 1.165) is 31.6 Å². The standard InChI is InChI=1S/C23H28N2O3/c1-3-20-10-5-6-15-25(20)23(27)18-9-7-8-17(16-18)22(26)24-19-11-13-21(14-12-19)28-4-2/h7-9,11-14,16,20H,3-6,10,15H2,1-2H3,(H,24,26). The van der Waals surface area contributed by atoms with Crippen molar-refractivity contribution in [3.63, 3.8) is 0 Å². The van der Waals surface area contributed by atoms with Crippen LogP contribution in [0.25, 0.3) is 0 Å². The average molecular weight is 380 g/mol. The van der Waals surface area contributed by atoms with Crippen LogP contribution in [0.2, 0.25) is 0 Å². The fraction of sp³-hybridized carbons (Fsp3) is 0.391. The fourth-order valence-electron chi connectivity index (χ4n) is 3.66. The van der Waals surface area contributed by atoms with E-state index in [-0.39, 0.29) is 11.8 Å². The molecule has 0 saturated carbocycles. The molecule has 3 rings (SSSR count). The van der Waals surface area contributed by atoms with Gasteiger partial charge < -0.3 is 15.0 Å². The Morgan fingerprint density at radius 1 is 1.07 bits per heavy atom. The molecule has 0 aliphatic carbocycles. The SMILES string of the molecule is CCOc1ccc(NC(=O)c2cccc(C(=O)N3CCCCC3CC)c2)cc1. The van der Waals surface area contributed by atoms with Crippen molar-refractivity contribution in [1.82, 2.24) is 4.90 Å². The quantitative estimate of drug-likeness (QED) is 0.787. The lowest BCUT2D eigenvalue weighted by Crippen LogP contribution is -2.43. The molecule has 1 aliphatic rings. The second-order valence-corrected chi connectivity index (χ2v) is 7.05. The van der Waals surface area contributed by atoms with E-state index in [4.69, 9.17) is 4.74 Å². The number of likely N-dealkylation sites (tertiary alicyclic amines) is 1. The second-order valence-electron chi connectivity index (χ2n) is 7.05. The summed E-state index contributed by atoms with van der Waals surface area (Å²) in [7, 11) is 0. The first-order valence-corrected chi connectivity index (χ1v) is 10.1. The van der Waals surface area contributed by atoms with E-state index >= 15 is 0 Å². The van der Waals surface area contributed by atoms with E-state index in [1.807, 2.05) is 24.0 Å². The number of piperidine rings is 1. The van der Waals surface area contributed by atoms with Crippen LogP contribution in [0.15, 0.2) is 48.5 Å². The summed E-state index contributed by atoms with van der Waals surface area (Å²) in [6.07, 6.45) is 4.23. The minimum Gasteiger partial charge on any atom is -0.494 e. The lowest BCUT2D eigenvalue weighted by Gasteiger charge is -2.35. The van der Waals surface area contributed by atoms with Crippen molar-refractivity contribution < 1.29 is 14.3 Å². The lowest BCUT2D eigenvalue weighted by atomic mass is 9.98. The van der Waals surface area contributed by atoms with Crippen LogP contribution in [-0.4, -0.2) is 35.9 Å². The molecule has 28 heavy (non-hydrogen) atoms. The van der Waals surface area contributed by atoms with Crippen LogP contribution < -0.4 is 10.1 Å². The molecule has 1 N–H and O–H groups in total. The lowest BCUT2D eigenvalue weighted by molar-refractivity contribution is 0.0608. The molecule has 1 fully saturated rings. The van der Waals surface area contributed by atoms with Crippen LogP contribution in [0.4, 0.5) is 5.69 Å². The highest BCUT2D eigenvalue weighted by molar-refractivity contribution is 6.06. The fourth-order valence-corrected chi connectivity index (χ4v) is 3.66. The van der Waals surface area contributed by atoms with E-state index in [1.54, 1.807) is 36.4 Å². The van der Waals surface area contributed by atoms with Crippen LogP contribution in [0, 0.1) is 0 Å². The molecule has 2 aromatic carbocycles. The summed E-state index contributed by atoms with van der Waals surface area (Å²) in [4.78, 5) is 27.6. The van der Waals surface area contributed by atoms with Crippen LogP contribution in [0.1, 0.15) is 60.2 Å². The minimum atomic E-state index is -0.232. The summed E-state index contributed by atoms with van der Waals surface area (Å²) >= 11 is 0. The van der Waals surface area contributed by atoms with E-state index in [0.29, 0.717) is 29.5 Å². The van der Waals surface area contributed by atoms with Crippen molar-refractivity contribution >= 4 is 17.5 Å². The highest BCUT2D eigenvalue weighted by Gasteiger charge is 2.26. The van der Waals surface area contributed by atoms with E-state index in [1.165, 1.54) is 6.42 Å². The third kappa shape index (κ3) is 4.71. The number of anilines is 1. The van der Waals surface area contributed by atoms with Gasteiger partial charge in [0, 0.05) is 29.4 Å². The first-order chi connectivity index (χ1) is 13.6. The van der Waals surface area contributed by atoms with Crippen molar-refractivity contribution in [2.75, 3.05) is 18.5 Å². The topological polar surface area (TPSA) is 58.6 Å². The molecule has 1 unspecified atom stereocenters. The third-order valence-electron chi connectivity index (χ3n) is 5.15. The van der Waals surface area contributed by atoms with Gasteiger partial charge in [0.2, 0.25) is 0 Å². The van der Waals surface area contributed by atoms with E-state index < -0.39 is 0 Å². The van der Waals surface area contributed by atoms with Crippen LogP contribution in [-0.2, 0) is 0 Å². The van der Waals surface area contributed by atoms with E-state index in [9.17, 15) is 9.59 Å². The molecule has 1 saturated heterocycles. The Morgan fingerprint density at radius 3 is 2.54 bits per heavy atom. The van der Waals surface area contributed by atoms with Gasteiger partial charge in [0.25, 0.3) is 11.8 Å². The zero-order valence-electron chi connectivity index (χ0n) is 16.6. The van der Waals surface area contributed by atoms with Gasteiger partial charge in [-0.05, 0) is 75.1 Å². The van der Waals surface area contributed by atoms with Crippen molar-refractivity contribution in [3.05, 3.63) is 59.7 Å². The number of carbonyl (C=O) groups is 2. The second kappa shape index (κ2) is 9.40. The summed E-state index contributed by atoms with van der Waals surface area (Å²) in [5.41, 5.74) is 1.73. The highest BCUT2D eigenvalue weighted by atomic mass is 16.5. The minimum absolute atomic E-state index is 0.0160. The first-order valence-electron chi connectivity index (χ1n) is 10.1. The predicted octanol–water partition coefficient (Wildman–Crippen LogP) is 4.74. The van der Waals surface area contributed by atoms with Gasteiger partial charge in [-0.2, -0.15) is 0 Å². The molecule has 1 atom stereocenters. The van der Waals surface area contributed by atoms with Gasteiger partial charge in [0.05, 0.1) is 6.61 Å². The van der Waals surface area contributed by atoms with Crippen molar-refractivity contribution in [2.24, 2.45) is 0 Å². The normalized spacial score (nSPS) is 16.5. The number of nitrogens with zero attached hydrogens (tertiary/aromatic N) is 1. The zero-order chi connectivity index (χ0) is 19.9. The maximum atomic E-state index is 13.0. The third-order valence-corrected chi connectivity index (χ3v) is 5.15. The van der Waals surface area contributed by atoms with Gasteiger partial charge in [0.15, 0.2) is 0 Å². The van der Waals surface area contributed by atoms with Crippen LogP contribution in [0.5, 0.6) is 5.75 Å². The Balaban J connectivity index is 1.71. The van der Waals surface area contributed by atoms with Crippen molar-refractivity contribution in [3.8, 4) is 5.75 Å². The number of benzene rings is 2. The monoisotopic (exact) mass is 380 g/mol. The molecule has 5 nitrogen and oxygen atoms in total. The van der Waals surface area contributed by atoms with Crippen molar-refractivity contribution in [2.45, 2.75) is 45.6 Å². The molecular weight excluding hydrogens is 352 g/mol. The Hall–Kier alpha value is -2.82. The Labute approximate surface area is 166 Å². The molecular formula is C23H28N2O3. The first kappa shape index (κ1) is 19.9. The number of carbonyl (C=O) groups excluding carboxylic acids is 2. The summed E-state index contributed by atoms with van der Waals surface area (Å²) in [6.45, 7) is 5.44. The van der Waals surface area contributed by atoms with Gasteiger partial charge >= 0.3 is 0 Å². The number of ether oxygens (including phenoxy) is 1. The zero-order valence-corrected chi connectivity index (χ0v) is 16.6. The maximum absolute atomic E-state index is 13.0. The number of hydrogen-bond donors (Lipinski definition) is 1. The number of rotatable bonds is 6. The summed E-state index contributed by atoms with van der Waals surface area (Å²) in [5.74, 6) is 0.548. The molecule has 0 spiro atoms. The Morgan fingerprint density at radius 2 is 1.82 bits per heavy atom. The highest BCUT2D eigenvalue weighted by Crippen LogP contribution is 2.22. The average Bonchev–Trinajstić information content (AvgIpc) is 2.75. The maximum Gasteiger partial charge on any atom is 0.255 e. The molecule has 2 amide bonds. The van der Waals surface area contributed by atoms with Gasteiger partial charge in [0.1, 0.15) is 5.75 Å². The Kier molecular flexibility index (Phi) is 6.69. The van der Waals surface area contributed by atoms with Crippen LogP contribution >= 0.6 is 0 Å². The number of amides is 2. The van der Waals surface area contributed by atoms with Gasteiger partial charge in [-0.3, -0.25) is 9.59 Å². The smallest absolute Gasteiger partial charge is 0.255 e. The molecule has 0 bridgehead atoms. The largest absolute Gasteiger partial charge is 0.494 e. The van der Waals surface area contributed by atoms with Gasteiger partial charge in [-0.25, -0.2) is 0 Å². The molecule has 1 heterocycles. The van der Waals surface area contributed by atoms with E-state index in [2.05, 4.69) is 12.2 Å². The molecule has 5 heteroatoms. The molecule has 0 radical (unpaired) electrons.